The van der Waals surface area contributed by atoms with Gasteiger partial charge >= 0.3 is 0 Å². The van der Waals surface area contributed by atoms with Crippen molar-refractivity contribution in [2.75, 3.05) is 20.8 Å². The van der Waals surface area contributed by atoms with Crippen LogP contribution in [0.3, 0.4) is 0 Å². The second kappa shape index (κ2) is 5.29. The Labute approximate surface area is 118 Å². The lowest BCUT2D eigenvalue weighted by Gasteiger charge is -2.19. The zero-order valence-corrected chi connectivity index (χ0v) is 11.6. The predicted octanol–water partition coefficient (Wildman–Crippen LogP) is 3.64. The van der Waals surface area contributed by atoms with Crippen LogP contribution >= 0.6 is 0 Å². The van der Waals surface area contributed by atoms with Crippen molar-refractivity contribution in [2.45, 2.75) is 0 Å². The van der Waals surface area contributed by atoms with Gasteiger partial charge in [-0.3, -0.25) is 0 Å². The largest absolute Gasteiger partial charge is 0.497 e. The topological polar surface area (TPSA) is 27.7 Å². The maximum atomic E-state index is 5.79. The molecule has 0 atom stereocenters. The van der Waals surface area contributed by atoms with Crippen LogP contribution in [0.5, 0.6) is 17.2 Å². The summed E-state index contributed by atoms with van der Waals surface area (Å²) in [5.74, 6) is 2.49. The molecule has 0 saturated heterocycles. The van der Waals surface area contributed by atoms with Crippen molar-refractivity contribution in [1.29, 1.82) is 0 Å². The molecule has 0 spiro atoms. The predicted molar refractivity (Wildman–Crippen MR) is 79.4 cm³/mol. The van der Waals surface area contributed by atoms with E-state index in [9.17, 15) is 0 Å². The van der Waals surface area contributed by atoms with Crippen LogP contribution in [0.15, 0.2) is 42.5 Å². The third-order valence-corrected chi connectivity index (χ3v) is 3.39. The van der Waals surface area contributed by atoms with Gasteiger partial charge in [-0.1, -0.05) is 18.2 Å². The molecule has 1 aliphatic heterocycles. The summed E-state index contributed by atoms with van der Waals surface area (Å²) in [6.45, 7) is 0.541. The Kier molecular flexibility index (Phi) is 3.33. The van der Waals surface area contributed by atoms with Crippen molar-refractivity contribution in [1.82, 2.24) is 0 Å². The van der Waals surface area contributed by atoms with Crippen LogP contribution in [0.2, 0.25) is 0 Å². The number of ether oxygens (including phenoxy) is 3. The maximum absolute atomic E-state index is 5.79. The van der Waals surface area contributed by atoms with Gasteiger partial charge in [0.05, 0.1) is 14.2 Å². The average Bonchev–Trinajstić information content (AvgIpc) is 2.53. The molecule has 0 amide bonds. The van der Waals surface area contributed by atoms with Crippen molar-refractivity contribution in [3.8, 4) is 17.2 Å². The third kappa shape index (κ3) is 2.23. The number of hydrogen-bond acceptors (Lipinski definition) is 3. The van der Waals surface area contributed by atoms with Gasteiger partial charge in [0.15, 0.2) is 0 Å². The summed E-state index contributed by atoms with van der Waals surface area (Å²) in [6.07, 6.45) is 2.14. The Bertz CT molecular complexity index is 659. The van der Waals surface area contributed by atoms with Crippen molar-refractivity contribution in [3.63, 3.8) is 0 Å². The Morgan fingerprint density at radius 2 is 1.85 bits per heavy atom. The van der Waals surface area contributed by atoms with Crippen molar-refractivity contribution in [2.24, 2.45) is 0 Å². The molecule has 3 nitrogen and oxygen atoms in total. The van der Waals surface area contributed by atoms with Crippen molar-refractivity contribution in [3.05, 3.63) is 53.6 Å². The van der Waals surface area contributed by atoms with E-state index in [1.165, 1.54) is 0 Å². The Morgan fingerprint density at radius 3 is 2.65 bits per heavy atom. The number of para-hydroxylation sites is 1. The molecule has 0 aliphatic carbocycles. The normalized spacial score (nSPS) is 13.0. The molecule has 1 aliphatic rings. The zero-order valence-electron chi connectivity index (χ0n) is 11.6. The van der Waals surface area contributed by atoms with Crippen LogP contribution in [0.4, 0.5) is 0 Å². The molecule has 3 heteroatoms. The fraction of sp³-hybridized carbons (Fsp3) is 0.176. The first-order valence-corrected chi connectivity index (χ1v) is 6.46. The van der Waals surface area contributed by atoms with E-state index in [0.29, 0.717) is 6.61 Å². The molecule has 0 unspecified atom stereocenters. The van der Waals surface area contributed by atoms with E-state index in [1.54, 1.807) is 14.2 Å². The minimum absolute atomic E-state index is 0.541. The van der Waals surface area contributed by atoms with E-state index in [-0.39, 0.29) is 0 Å². The molecule has 1 heterocycles. The minimum Gasteiger partial charge on any atom is -0.497 e. The van der Waals surface area contributed by atoms with Gasteiger partial charge in [0.25, 0.3) is 0 Å². The summed E-state index contributed by atoms with van der Waals surface area (Å²) in [6, 6.07) is 13.8. The SMILES string of the molecule is COc1ccc(C2=Cc3ccccc3OC2)c(OC)c1. The minimum atomic E-state index is 0.541. The number of fused-ring (bicyclic) bond motifs is 1. The summed E-state index contributed by atoms with van der Waals surface area (Å²) in [5, 5.41) is 0. The molecule has 20 heavy (non-hydrogen) atoms. The monoisotopic (exact) mass is 268 g/mol. The Morgan fingerprint density at radius 1 is 1.00 bits per heavy atom. The molecule has 0 saturated carbocycles. The summed E-state index contributed by atoms with van der Waals surface area (Å²) in [4.78, 5) is 0. The van der Waals surface area contributed by atoms with Crippen molar-refractivity contribution >= 4 is 11.6 Å². The van der Waals surface area contributed by atoms with Crippen LogP contribution in [0, 0.1) is 0 Å². The van der Waals surface area contributed by atoms with Gasteiger partial charge in [-0.15, -0.1) is 0 Å². The van der Waals surface area contributed by atoms with Gasteiger partial charge < -0.3 is 14.2 Å². The molecule has 0 aromatic heterocycles. The lowest BCUT2D eigenvalue weighted by molar-refractivity contribution is 0.363. The van der Waals surface area contributed by atoms with Gasteiger partial charge in [0.1, 0.15) is 23.9 Å². The number of methoxy groups -OCH3 is 2. The van der Waals surface area contributed by atoms with Crippen LogP contribution in [-0.4, -0.2) is 20.8 Å². The zero-order chi connectivity index (χ0) is 13.9. The highest BCUT2D eigenvalue weighted by Crippen LogP contribution is 2.35. The second-order valence-electron chi connectivity index (χ2n) is 4.56. The summed E-state index contributed by atoms with van der Waals surface area (Å²) in [7, 11) is 3.31. The van der Waals surface area contributed by atoms with E-state index in [2.05, 4.69) is 6.08 Å². The molecule has 0 bridgehead atoms. The Hall–Kier alpha value is -2.42. The summed E-state index contributed by atoms with van der Waals surface area (Å²) in [5.41, 5.74) is 3.22. The molecular weight excluding hydrogens is 252 g/mol. The van der Waals surface area contributed by atoms with Crippen LogP contribution in [0.25, 0.3) is 11.6 Å². The number of rotatable bonds is 3. The van der Waals surface area contributed by atoms with E-state index in [1.807, 2.05) is 42.5 Å². The highest BCUT2D eigenvalue weighted by atomic mass is 16.5. The second-order valence-corrected chi connectivity index (χ2v) is 4.56. The fourth-order valence-corrected chi connectivity index (χ4v) is 2.34. The van der Waals surface area contributed by atoms with Gasteiger partial charge in [0.2, 0.25) is 0 Å². The van der Waals surface area contributed by atoms with Crippen LogP contribution in [-0.2, 0) is 0 Å². The molecular formula is C17H16O3. The molecule has 0 N–H and O–H groups in total. The lowest BCUT2D eigenvalue weighted by Crippen LogP contribution is -2.07. The van der Waals surface area contributed by atoms with E-state index < -0.39 is 0 Å². The third-order valence-electron chi connectivity index (χ3n) is 3.39. The molecule has 102 valence electrons. The number of benzene rings is 2. The fourth-order valence-electron chi connectivity index (χ4n) is 2.34. The summed E-state index contributed by atoms with van der Waals surface area (Å²) >= 11 is 0. The molecule has 2 aromatic carbocycles. The maximum Gasteiger partial charge on any atom is 0.130 e. The summed E-state index contributed by atoms with van der Waals surface area (Å²) < 4.78 is 16.5. The van der Waals surface area contributed by atoms with Gasteiger partial charge in [-0.05, 0) is 24.3 Å². The smallest absolute Gasteiger partial charge is 0.130 e. The lowest BCUT2D eigenvalue weighted by atomic mass is 10.00. The van der Waals surface area contributed by atoms with Crippen LogP contribution in [0.1, 0.15) is 11.1 Å². The van der Waals surface area contributed by atoms with E-state index >= 15 is 0 Å². The standard InChI is InChI=1S/C17H16O3/c1-18-14-7-8-15(17(10-14)19-2)13-9-12-5-3-4-6-16(12)20-11-13/h3-10H,11H2,1-2H3. The highest BCUT2D eigenvalue weighted by Gasteiger charge is 2.16. The first-order valence-electron chi connectivity index (χ1n) is 6.46. The average molecular weight is 268 g/mol. The molecule has 0 radical (unpaired) electrons. The van der Waals surface area contributed by atoms with Crippen LogP contribution < -0.4 is 14.2 Å². The first kappa shape index (κ1) is 12.6. The quantitative estimate of drug-likeness (QED) is 0.850. The number of hydrogen-bond donors (Lipinski definition) is 0. The van der Waals surface area contributed by atoms with E-state index in [0.717, 1.165) is 33.9 Å². The van der Waals surface area contributed by atoms with Gasteiger partial charge in [0, 0.05) is 22.8 Å². The molecule has 2 aromatic rings. The van der Waals surface area contributed by atoms with E-state index in [4.69, 9.17) is 14.2 Å². The van der Waals surface area contributed by atoms with Crippen molar-refractivity contribution < 1.29 is 14.2 Å². The Balaban J connectivity index is 2.04. The molecule has 3 rings (SSSR count). The molecule has 0 fully saturated rings. The van der Waals surface area contributed by atoms with Gasteiger partial charge in [-0.25, -0.2) is 0 Å². The highest BCUT2D eigenvalue weighted by molar-refractivity contribution is 5.87. The van der Waals surface area contributed by atoms with Gasteiger partial charge in [-0.2, -0.15) is 0 Å². The first-order chi connectivity index (χ1) is 9.81.